The molecule has 0 radical (unpaired) electrons. The summed E-state index contributed by atoms with van der Waals surface area (Å²) in [4.78, 5) is 40.4. The van der Waals surface area contributed by atoms with Gasteiger partial charge in [-0.15, -0.1) is 0 Å². The van der Waals surface area contributed by atoms with Gasteiger partial charge in [0, 0.05) is 30.4 Å². The van der Waals surface area contributed by atoms with Crippen LogP contribution in [0.5, 0.6) is 5.75 Å². The third-order valence-corrected chi connectivity index (χ3v) is 7.25. The number of carbonyl (C=O) groups excluding carboxylic acids is 2. The largest absolute Gasteiger partial charge is 0.502 e. The average Bonchev–Trinajstić information content (AvgIpc) is 3.55. The van der Waals surface area contributed by atoms with E-state index in [2.05, 4.69) is 5.32 Å². The van der Waals surface area contributed by atoms with E-state index in [1.165, 1.54) is 10.9 Å². The molecule has 5 rings (SSSR count). The summed E-state index contributed by atoms with van der Waals surface area (Å²) in [5.74, 6) is -3.10. The molecule has 2 aliphatic heterocycles. The first-order valence-electron chi connectivity index (χ1n) is 10.9. The minimum atomic E-state index is -1.01. The zero-order valence-electron chi connectivity index (χ0n) is 18.4. The topological polar surface area (TPSA) is 94.9 Å². The number of fused-ring (bicyclic) bond motifs is 5. The fraction of sp³-hybridized carbons (Fsp3) is 0.435. The molecule has 2 fully saturated rings. The monoisotopic (exact) mass is 458 g/mol. The highest BCUT2D eigenvalue weighted by Crippen LogP contribution is 2.49. The van der Waals surface area contributed by atoms with Gasteiger partial charge in [-0.3, -0.25) is 24.1 Å². The molecular weight excluding hydrogens is 434 g/mol. The number of aryl methyl sites for hydroxylation is 1. The van der Waals surface area contributed by atoms with E-state index in [1.807, 2.05) is 18.9 Å². The Kier molecular flexibility index (Phi) is 4.73. The molecule has 4 atom stereocenters. The number of halogens is 2. The van der Waals surface area contributed by atoms with E-state index in [0.29, 0.717) is 17.4 Å². The highest BCUT2D eigenvalue weighted by atomic mass is 19.1. The lowest BCUT2D eigenvalue weighted by molar-refractivity contribution is 0.0605. The molecule has 33 heavy (non-hydrogen) atoms. The fourth-order valence-corrected chi connectivity index (χ4v) is 5.18. The number of benzene rings is 1. The molecule has 10 heteroatoms. The number of carbonyl (C=O) groups is 2. The van der Waals surface area contributed by atoms with Crippen molar-refractivity contribution in [1.29, 1.82) is 0 Å². The van der Waals surface area contributed by atoms with Crippen molar-refractivity contribution in [2.45, 2.75) is 45.8 Å². The predicted octanol–water partition coefficient (Wildman–Crippen LogP) is 1.85. The Morgan fingerprint density at radius 3 is 2.45 bits per heavy atom. The fourth-order valence-electron chi connectivity index (χ4n) is 5.18. The lowest BCUT2D eigenvalue weighted by Crippen LogP contribution is -2.58. The van der Waals surface area contributed by atoms with Gasteiger partial charge in [0.2, 0.25) is 5.43 Å². The van der Waals surface area contributed by atoms with Crippen molar-refractivity contribution in [3.05, 3.63) is 62.6 Å². The summed E-state index contributed by atoms with van der Waals surface area (Å²) in [6.45, 7) is 5.31. The van der Waals surface area contributed by atoms with E-state index in [-0.39, 0.29) is 30.0 Å². The third kappa shape index (κ3) is 3.19. The van der Waals surface area contributed by atoms with Gasteiger partial charge in [-0.2, -0.15) is 0 Å². The van der Waals surface area contributed by atoms with Gasteiger partial charge in [0.1, 0.15) is 23.9 Å². The summed E-state index contributed by atoms with van der Waals surface area (Å²) >= 11 is 0. The standard InChI is InChI=1S/C23H24F2N4O4/c1-10-4-17(24)15(18(25)5-10)7-26-22(32)16-8-28-19(21(31)20(16)30)23(33)27-9-29(28)12(3)14-6-13(14)11(27)2/h4-5,8,11-14,31H,6-7,9H2,1-3H3,(H,26,32)/t11-,12+,13-,14+/m0/s1. The average molecular weight is 458 g/mol. The normalized spacial score (nSPS) is 25.3. The van der Waals surface area contributed by atoms with Gasteiger partial charge in [-0.05, 0) is 56.7 Å². The smallest absolute Gasteiger partial charge is 0.278 e. The number of rotatable bonds is 3. The van der Waals surface area contributed by atoms with Crippen molar-refractivity contribution < 1.29 is 23.5 Å². The van der Waals surface area contributed by atoms with Crippen LogP contribution in [-0.2, 0) is 6.54 Å². The first kappa shape index (κ1) is 21.4. The van der Waals surface area contributed by atoms with Crippen molar-refractivity contribution in [2.24, 2.45) is 11.8 Å². The van der Waals surface area contributed by atoms with Crippen LogP contribution in [0, 0.1) is 30.4 Å². The quantitative estimate of drug-likeness (QED) is 0.732. The number of nitrogens with zero attached hydrogens (tertiary/aromatic N) is 3. The van der Waals surface area contributed by atoms with Crippen LogP contribution in [0.15, 0.2) is 23.1 Å². The number of nitrogens with one attached hydrogen (secondary N) is 1. The van der Waals surface area contributed by atoms with Gasteiger partial charge in [-0.25, -0.2) is 8.78 Å². The van der Waals surface area contributed by atoms with E-state index in [1.54, 1.807) is 11.8 Å². The molecule has 2 bridgehead atoms. The van der Waals surface area contributed by atoms with E-state index < -0.39 is 46.7 Å². The molecule has 2 amide bonds. The maximum Gasteiger partial charge on any atom is 0.278 e. The predicted molar refractivity (Wildman–Crippen MR) is 114 cm³/mol. The van der Waals surface area contributed by atoms with Crippen LogP contribution < -0.4 is 15.8 Å². The molecule has 3 heterocycles. The van der Waals surface area contributed by atoms with Crippen LogP contribution in [0.1, 0.15) is 52.2 Å². The van der Waals surface area contributed by atoms with Crippen LogP contribution in [0.25, 0.3) is 0 Å². The van der Waals surface area contributed by atoms with Gasteiger partial charge < -0.3 is 15.3 Å². The van der Waals surface area contributed by atoms with Gasteiger partial charge in [0.05, 0.1) is 0 Å². The minimum Gasteiger partial charge on any atom is -0.502 e. The molecule has 1 saturated heterocycles. The van der Waals surface area contributed by atoms with Gasteiger partial charge in [-0.1, -0.05) is 0 Å². The maximum absolute atomic E-state index is 14.1. The molecule has 174 valence electrons. The Bertz CT molecular complexity index is 1240. The molecule has 1 aliphatic carbocycles. The van der Waals surface area contributed by atoms with Crippen molar-refractivity contribution in [3.63, 3.8) is 0 Å². The van der Waals surface area contributed by atoms with Gasteiger partial charge >= 0.3 is 0 Å². The second-order valence-electron chi connectivity index (χ2n) is 9.20. The maximum atomic E-state index is 14.1. The molecule has 8 nitrogen and oxygen atoms in total. The van der Waals surface area contributed by atoms with E-state index in [9.17, 15) is 28.3 Å². The number of pyridine rings is 1. The van der Waals surface area contributed by atoms with Crippen LogP contribution >= 0.6 is 0 Å². The minimum absolute atomic E-state index is 0.0165. The molecule has 3 aliphatic rings. The summed E-state index contributed by atoms with van der Waals surface area (Å²) in [6.07, 6.45) is 2.21. The number of hydrogen-bond donors (Lipinski definition) is 2. The van der Waals surface area contributed by atoms with Gasteiger partial charge in [0.25, 0.3) is 11.8 Å². The first-order valence-corrected chi connectivity index (χ1v) is 10.9. The van der Waals surface area contributed by atoms with Crippen molar-refractivity contribution in [3.8, 4) is 5.75 Å². The molecule has 0 unspecified atom stereocenters. The molecule has 1 aromatic carbocycles. The van der Waals surface area contributed by atoms with Crippen LogP contribution in [0.2, 0.25) is 0 Å². The van der Waals surface area contributed by atoms with Crippen LogP contribution in [0.3, 0.4) is 0 Å². The second kappa shape index (κ2) is 7.29. The van der Waals surface area contributed by atoms with Crippen LogP contribution in [-0.4, -0.2) is 45.2 Å². The highest BCUT2D eigenvalue weighted by molar-refractivity contribution is 5.99. The molecular formula is C23H24F2N4O4. The van der Waals surface area contributed by atoms with Crippen molar-refractivity contribution in [2.75, 3.05) is 11.7 Å². The molecule has 2 N–H and O–H groups in total. The Labute approximate surface area is 188 Å². The van der Waals surface area contributed by atoms with Crippen molar-refractivity contribution in [1.82, 2.24) is 14.9 Å². The number of aromatic hydroxyl groups is 1. The second-order valence-corrected chi connectivity index (χ2v) is 9.20. The summed E-state index contributed by atoms with van der Waals surface area (Å²) < 4.78 is 29.6. The van der Waals surface area contributed by atoms with E-state index in [0.717, 1.165) is 18.6 Å². The third-order valence-electron chi connectivity index (χ3n) is 7.25. The zero-order valence-corrected chi connectivity index (χ0v) is 18.4. The molecule has 0 spiro atoms. The number of hydrogen-bond acceptors (Lipinski definition) is 5. The molecule has 2 aromatic rings. The van der Waals surface area contributed by atoms with Crippen molar-refractivity contribution >= 4 is 11.8 Å². The lowest BCUT2D eigenvalue weighted by Gasteiger charge is -2.43. The first-order chi connectivity index (χ1) is 15.6. The summed E-state index contributed by atoms with van der Waals surface area (Å²) in [6, 6.07) is 2.28. The van der Waals surface area contributed by atoms with Gasteiger partial charge in [0.15, 0.2) is 11.4 Å². The molecule has 1 aromatic heterocycles. The highest BCUT2D eigenvalue weighted by Gasteiger charge is 2.54. The zero-order chi connectivity index (χ0) is 23.8. The van der Waals surface area contributed by atoms with E-state index in [4.69, 9.17) is 0 Å². The summed E-state index contributed by atoms with van der Waals surface area (Å²) in [7, 11) is 0. The Balaban J connectivity index is 1.51. The SMILES string of the molecule is Cc1cc(F)c(CNC(=O)c2cn3c(c(O)c2=O)C(=O)N2CN3[C@H](C)[C@H]3C[C@H]3[C@@H]2C)c(F)c1. The Morgan fingerprint density at radius 2 is 1.79 bits per heavy atom. The number of amides is 2. The molecule has 1 saturated carbocycles. The van der Waals surface area contributed by atoms with E-state index >= 15 is 0 Å². The lowest BCUT2D eigenvalue weighted by atomic mass is 10.1. The summed E-state index contributed by atoms with van der Waals surface area (Å²) in [5, 5.41) is 14.8. The van der Waals surface area contributed by atoms with Crippen LogP contribution in [0.4, 0.5) is 8.78 Å². The Hall–Kier alpha value is -3.43. The summed E-state index contributed by atoms with van der Waals surface area (Å²) in [5.41, 5.74) is -1.54. The number of aromatic nitrogens is 1. The Morgan fingerprint density at radius 1 is 1.15 bits per heavy atom.